The van der Waals surface area contributed by atoms with E-state index in [0.29, 0.717) is 5.46 Å². The molecular weight excluding hydrogens is 517 g/mol. The van der Waals surface area contributed by atoms with E-state index in [4.69, 9.17) is 0 Å². The van der Waals surface area contributed by atoms with E-state index >= 15 is 0 Å². The largest absolute Gasteiger partial charge is 0.488 e. The number of hydrogen-bond donors (Lipinski definition) is 2. The van der Waals surface area contributed by atoms with Gasteiger partial charge in [0.2, 0.25) is 0 Å². The first-order chi connectivity index (χ1) is 20.2. The van der Waals surface area contributed by atoms with Gasteiger partial charge in [-0.2, -0.15) is 0 Å². The summed E-state index contributed by atoms with van der Waals surface area (Å²) in [6, 6.07) is 55.8. The van der Waals surface area contributed by atoms with Crippen molar-refractivity contribution in [1.29, 1.82) is 0 Å². The number of nitrogens with zero attached hydrogens (tertiary/aromatic N) is 1. The SMILES string of the molecule is OB(O)c1ccc2c(c1)c1ccccc1n2-c1cccc([Si](c2ccccc2)(c2ccccc2)c2ccccc2)c1. The third-order valence-corrected chi connectivity index (χ3v) is 12.9. The van der Waals surface area contributed by atoms with Gasteiger partial charge in [0.1, 0.15) is 0 Å². The smallest absolute Gasteiger partial charge is 0.423 e. The van der Waals surface area contributed by atoms with Crippen LogP contribution in [-0.4, -0.2) is 29.8 Å². The summed E-state index contributed by atoms with van der Waals surface area (Å²) in [4.78, 5) is 0. The first-order valence-corrected chi connectivity index (χ1v) is 15.8. The molecule has 0 bridgehead atoms. The van der Waals surface area contributed by atoms with Crippen LogP contribution in [0.3, 0.4) is 0 Å². The molecule has 7 rings (SSSR count). The van der Waals surface area contributed by atoms with E-state index in [-0.39, 0.29) is 0 Å². The van der Waals surface area contributed by atoms with E-state index in [1.165, 1.54) is 20.7 Å². The van der Waals surface area contributed by atoms with Crippen LogP contribution in [0, 0.1) is 0 Å². The van der Waals surface area contributed by atoms with E-state index in [1.807, 2.05) is 18.2 Å². The molecule has 0 aliphatic rings. The average Bonchev–Trinajstić information content (AvgIpc) is 3.37. The van der Waals surface area contributed by atoms with Crippen LogP contribution in [-0.2, 0) is 0 Å². The molecule has 2 N–H and O–H groups in total. The van der Waals surface area contributed by atoms with Crippen molar-refractivity contribution in [2.75, 3.05) is 0 Å². The second-order valence-corrected chi connectivity index (χ2v) is 14.2. The Labute approximate surface area is 240 Å². The second-order valence-electron chi connectivity index (χ2n) is 10.4. The van der Waals surface area contributed by atoms with Gasteiger partial charge < -0.3 is 14.6 Å². The van der Waals surface area contributed by atoms with Crippen LogP contribution in [0.4, 0.5) is 0 Å². The molecule has 6 aromatic carbocycles. The molecule has 5 heteroatoms. The number of rotatable bonds is 6. The normalized spacial score (nSPS) is 11.7. The predicted molar refractivity (Wildman–Crippen MR) is 174 cm³/mol. The topological polar surface area (TPSA) is 45.4 Å². The summed E-state index contributed by atoms with van der Waals surface area (Å²) in [6.45, 7) is 0. The third kappa shape index (κ3) is 4.14. The van der Waals surface area contributed by atoms with E-state index < -0.39 is 15.2 Å². The molecule has 196 valence electrons. The van der Waals surface area contributed by atoms with Crippen LogP contribution in [0.2, 0.25) is 0 Å². The summed E-state index contributed by atoms with van der Waals surface area (Å²) in [6.07, 6.45) is 0. The molecule has 0 aliphatic heterocycles. The fourth-order valence-corrected chi connectivity index (χ4v) is 11.2. The third-order valence-electron chi connectivity index (χ3n) is 8.15. The lowest BCUT2D eigenvalue weighted by Crippen LogP contribution is -2.74. The van der Waals surface area contributed by atoms with Gasteiger partial charge >= 0.3 is 7.12 Å². The fourth-order valence-electron chi connectivity index (χ4n) is 6.37. The average molecular weight is 546 g/mol. The molecule has 0 saturated heterocycles. The van der Waals surface area contributed by atoms with Crippen LogP contribution in [0.25, 0.3) is 27.5 Å². The highest BCUT2D eigenvalue weighted by Crippen LogP contribution is 2.31. The second kappa shape index (κ2) is 10.4. The summed E-state index contributed by atoms with van der Waals surface area (Å²) >= 11 is 0. The molecule has 0 radical (unpaired) electrons. The number of para-hydroxylation sites is 1. The zero-order valence-corrected chi connectivity index (χ0v) is 23.4. The molecule has 0 fully saturated rings. The molecule has 0 amide bonds. The highest BCUT2D eigenvalue weighted by Gasteiger charge is 2.41. The van der Waals surface area contributed by atoms with Gasteiger partial charge in [0.15, 0.2) is 8.07 Å². The fraction of sp³-hybridized carbons (Fsp3) is 0. The van der Waals surface area contributed by atoms with Gasteiger partial charge in [0.05, 0.1) is 11.0 Å². The van der Waals surface area contributed by atoms with Crippen LogP contribution < -0.4 is 26.2 Å². The Balaban J connectivity index is 1.55. The number of fused-ring (bicyclic) bond motifs is 3. The van der Waals surface area contributed by atoms with Crippen LogP contribution in [0.15, 0.2) is 158 Å². The molecule has 7 aromatic rings. The number of benzene rings is 6. The lowest BCUT2D eigenvalue weighted by Gasteiger charge is -2.34. The predicted octanol–water partition coefficient (Wildman–Crippen LogP) is 3.84. The minimum Gasteiger partial charge on any atom is -0.423 e. The molecule has 0 atom stereocenters. The maximum atomic E-state index is 9.88. The van der Waals surface area contributed by atoms with E-state index in [9.17, 15) is 10.0 Å². The van der Waals surface area contributed by atoms with Crippen molar-refractivity contribution in [2.45, 2.75) is 0 Å². The first kappa shape index (κ1) is 25.3. The Bertz CT molecular complexity index is 1880. The van der Waals surface area contributed by atoms with E-state index in [0.717, 1.165) is 27.5 Å². The Kier molecular flexibility index (Phi) is 6.40. The summed E-state index contributed by atoms with van der Waals surface area (Å²) in [7, 11) is -4.20. The Hall–Kier alpha value is -4.68. The maximum absolute atomic E-state index is 9.88. The maximum Gasteiger partial charge on any atom is 0.488 e. The molecular formula is C36H28BNO2Si. The lowest BCUT2D eigenvalue weighted by atomic mass is 9.80. The molecule has 3 nitrogen and oxygen atoms in total. The van der Waals surface area contributed by atoms with Gasteiger partial charge in [0.25, 0.3) is 0 Å². The minimum atomic E-state index is -2.68. The van der Waals surface area contributed by atoms with Crippen molar-refractivity contribution in [3.8, 4) is 5.69 Å². The summed E-state index contributed by atoms with van der Waals surface area (Å²) < 4.78 is 2.29. The highest BCUT2D eigenvalue weighted by atomic mass is 28.3. The molecule has 0 unspecified atom stereocenters. The minimum absolute atomic E-state index is 0.484. The molecule has 41 heavy (non-hydrogen) atoms. The Morgan fingerprint density at radius 3 is 1.54 bits per heavy atom. The van der Waals surface area contributed by atoms with Crippen molar-refractivity contribution in [3.63, 3.8) is 0 Å². The van der Waals surface area contributed by atoms with Gasteiger partial charge in [0, 0.05) is 16.5 Å². The molecule has 1 aromatic heterocycles. The van der Waals surface area contributed by atoms with Crippen molar-refractivity contribution >= 4 is 63.2 Å². The molecule has 0 saturated carbocycles. The van der Waals surface area contributed by atoms with Crippen LogP contribution >= 0.6 is 0 Å². The van der Waals surface area contributed by atoms with Crippen LogP contribution in [0.1, 0.15) is 0 Å². The number of hydrogen-bond acceptors (Lipinski definition) is 2. The zero-order valence-electron chi connectivity index (χ0n) is 22.4. The number of aromatic nitrogens is 1. The van der Waals surface area contributed by atoms with Crippen molar-refractivity contribution in [3.05, 3.63) is 158 Å². The summed E-state index contributed by atoms with van der Waals surface area (Å²) in [5, 5.41) is 27.1. The zero-order chi connectivity index (χ0) is 27.8. The quantitative estimate of drug-likeness (QED) is 0.247. The van der Waals surface area contributed by atoms with E-state index in [1.54, 1.807) is 6.07 Å². The summed E-state index contributed by atoms with van der Waals surface area (Å²) in [5.74, 6) is 0. The molecule has 0 aliphatic carbocycles. The van der Waals surface area contributed by atoms with Gasteiger partial charge in [-0.15, -0.1) is 0 Å². The van der Waals surface area contributed by atoms with Crippen LogP contribution in [0.5, 0.6) is 0 Å². The lowest BCUT2D eigenvalue weighted by molar-refractivity contribution is 0.426. The Morgan fingerprint density at radius 2 is 0.951 bits per heavy atom. The molecule has 0 spiro atoms. The summed E-state index contributed by atoms with van der Waals surface area (Å²) in [5.41, 5.74) is 3.67. The first-order valence-electron chi connectivity index (χ1n) is 13.8. The van der Waals surface area contributed by atoms with Gasteiger partial charge in [-0.05, 0) is 50.5 Å². The standard InChI is InChI=1S/C36H28BNO2Si/c39-37(40)27-23-24-36-34(25-27)33-21-10-11-22-35(33)38(36)28-13-12-20-32(26-28)41(29-14-4-1-5-15-29,30-16-6-2-7-17-30)31-18-8-3-9-19-31/h1-26,39-40H. The van der Waals surface area contributed by atoms with Crippen molar-refractivity contribution < 1.29 is 10.0 Å². The Morgan fingerprint density at radius 1 is 0.439 bits per heavy atom. The van der Waals surface area contributed by atoms with Gasteiger partial charge in [-0.25, -0.2) is 0 Å². The van der Waals surface area contributed by atoms with Gasteiger partial charge in [-0.1, -0.05) is 133 Å². The highest BCUT2D eigenvalue weighted by molar-refractivity contribution is 7.19. The van der Waals surface area contributed by atoms with Gasteiger partial charge in [-0.3, -0.25) is 0 Å². The van der Waals surface area contributed by atoms with E-state index in [2.05, 4.69) is 138 Å². The van der Waals surface area contributed by atoms with Crippen molar-refractivity contribution in [1.82, 2.24) is 4.57 Å². The van der Waals surface area contributed by atoms with Crippen molar-refractivity contribution in [2.24, 2.45) is 0 Å². The molecule has 1 heterocycles. The monoisotopic (exact) mass is 545 g/mol.